The van der Waals surface area contributed by atoms with Crippen molar-refractivity contribution in [3.8, 4) is 22.9 Å². The van der Waals surface area contributed by atoms with E-state index in [1.165, 1.54) is 22.3 Å². The minimum Gasteiger partial charge on any atom is -0.497 e. The third-order valence-corrected chi connectivity index (χ3v) is 11.4. The summed E-state index contributed by atoms with van der Waals surface area (Å²) >= 11 is 1.26. The van der Waals surface area contributed by atoms with Crippen LogP contribution in [0.2, 0.25) is 0 Å². The number of thiazole rings is 1. The molecule has 0 spiro atoms. The number of alkyl carbamates (subject to hydrolysis) is 1. The van der Waals surface area contributed by atoms with E-state index < -0.39 is 58.9 Å². The van der Waals surface area contributed by atoms with Gasteiger partial charge in [0.05, 0.1) is 24.9 Å². The number of likely N-dealkylation sites (tertiary alicyclic amines) is 1. The molecule has 3 aromatic rings. The number of hydrogen-bond acceptors (Lipinski definition) is 11. The van der Waals surface area contributed by atoms with Crippen molar-refractivity contribution in [2.45, 2.75) is 103 Å². The number of methoxy groups -OCH3 is 1. The fourth-order valence-electron chi connectivity index (χ4n) is 7.23. The van der Waals surface area contributed by atoms with E-state index in [1.807, 2.05) is 0 Å². The van der Waals surface area contributed by atoms with Gasteiger partial charge in [-0.2, -0.15) is 0 Å². The highest BCUT2D eigenvalue weighted by Gasteiger charge is 2.61. The average Bonchev–Trinajstić information content (AvgIpc) is 3.56. The van der Waals surface area contributed by atoms with E-state index in [0.29, 0.717) is 38.9 Å². The molecular formula is C40H50N6O9S. The average molecular weight is 791 g/mol. The molecule has 4 N–H and O–H groups in total. The van der Waals surface area contributed by atoms with Gasteiger partial charge in [0.2, 0.25) is 17.7 Å². The maximum Gasteiger partial charge on any atom is 0.408 e. The number of nitrogens with zero attached hydrogens (tertiary/aromatic N) is 3. The second-order valence-electron chi connectivity index (χ2n) is 16.1. The minimum absolute atomic E-state index is 0.0206. The van der Waals surface area contributed by atoms with Gasteiger partial charge in [-0.25, -0.2) is 19.6 Å². The molecule has 4 amide bonds. The number of carboxylic acids is 1. The number of aromatic nitrogens is 2. The number of ether oxygens (including phenoxy) is 3. The number of amides is 4. The first-order valence-corrected chi connectivity index (χ1v) is 19.8. The third kappa shape index (κ3) is 8.59. The van der Waals surface area contributed by atoms with E-state index in [1.54, 1.807) is 71.4 Å². The Balaban J connectivity index is 1.32. The zero-order chi connectivity index (χ0) is 40.5. The maximum absolute atomic E-state index is 14.6. The first kappa shape index (κ1) is 40.4. The lowest BCUT2D eigenvalue weighted by Crippen LogP contribution is -2.59. The fraction of sp³-hybridized carbons (Fsp3) is 0.525. The smallest absolute Gasteiger partial charge is 0.408 e. The van der Waals surface area contributed by atoms with Crippen molar-refractivity contribution in [2.75, 3.05) is 19.0 Å². The summed E-state index contributed by atoms with van der Waals surface area (Å²) in [5.74, 6) is -2.30. The van der Waals surface area contributed by atoms with Crippen molar-refractivity contribution in [1.82, 2.24) is 25.5 Å². The van der Waals surface area contributed by atoms with Crippen LogP contribution in [0.25, 0.3) is 22.3 Å². The number of carbonyl (C=O) groups is 5. The normalized spacial score (nSPS) is 22.7. The van der Waals surface area contributed by atoms with Crippen LogP contribution in [0.1, 0.15) is 73.1 Å². The number of rotatable bonds is 13. The summed E-state index contributed by atoms with van der Waals surface area (Å²) in [5, 5.41) is 21.2. The van der Waals surface area contributed by atoms with Gasteiger partial charge in [0.15, 0.2) is 5.13 Å². The van der Waals surface area contributed by atoms with Crippen LogP contribution in [0.3, 0.4) is 0 Å². The number of aliphatic carboxylic acids is 1. The Bertz CT molecular complexity index is 2020. The number of hydrogen-bond donors (Lipinski definition) is 4. The number of benzene rings is 1. The molecule has 0 bridgehead atoms. The molecule has 3 heterocycles. The number of carboxylic acid groups (broad SMARTS) is 1. The van der Waals surface area contributed by atoms with Gasteiger partial charge in [0.1, 0.15) is 47.0 Å². The summed E-state index contributed by atoms with van der Waals surface area (Å²) in [6.07, 6.45) is 3.43. The van der Waals surface area contributed by atoms with Gasteiger partial charge >= 0.3 is 12.1 Å². The van der Waals surface area contributed by atoms with Gasteiger partial charge in [-0.3, -0.25) is 14.4 Å². The largest absolute Gasteiger partial charge is 0.497 e. The number of anilines is 1. The maximum atomic E-state index is 14.6. The van der Waals surface area contributed by atoms with E-state index in [-0.39, 0.29) is 37.3 Å². The summed E-state index contributed by atoms with van der Waals surface area (Å²) in [6, 6.07) is 4.81. The van der Waals surface area contributed by atoms with Crippen molar-refractivity contribution in [3.05, 3.63) is 42.3 Å². The molecule has 0 radical (unpaired) electrons. The van der Waals surface area contributed by atoms with Gasteiger partial charge in [0.25, 0.3) is 0 Å². The number of pyridine rings is 1. The highest BCUT2D eigenvalue weighted by atomic mass is 32.1. The third-order valence-electron chi connectivity index (χ3n) is 10.6. The lowest BCUT2D eigenvalue weighted by Gasteiger charge is -2.35. The molecule has 1 aliphatic heterocycles. The summed E-state index contributed by atoms with van der Waals surface area (Å²) in [5.41, 5.74) is -0.853. The molecule has 56 heavy (non-hydrogen) atoms. The Hall–Kier alpha value is -5.25. The predicted octanol–water partition coefficient (Wildman–Crippen LogP) is 5.54. The minimum atomic E-state index is -1.53. The number of nitrogens with one attached hydrogen (secondary N) is 3. The molecule has 6 rings (SSSR count). The molecule has 2 saturated carbocycles. The van der Waals surface area contributed by atoms with Crippen molar-refractivity contribution in [3.63, 3.8) is 0 Å². The molecule has 3 aliphatic rings. The highest BCUT2D eigenvalue weighted by Crippen LogP contribution is 2.45. The topological polar surface area (TPSA) is 198 Å². The summed E-state index contributed by atoms with van der Waals surface area (Å²) in [6.45, 7) is 12.7. The quantitative estimate of drug-likeness (QED) is 0.159. The van der Waals surface area contributed by atoms with Crippen LogP contribution in [0.4, 0.5) is 9.93 Å². The Morgan fingerprint density at radius 3 is 2.43 bits per heavy atom. The fourth-order valence-corrected chi connectivity index (χ4v) is 7.93. The zero-order valence-electron chi connectivity index (χ0n) is 32.5. The number of carbonyl (C=O) groups excluding carboxylic acids is 4. The Morgan fingerprint density at radius 2 is 1.80 bits per heavy atom. The number of fused-ring (bicyclic) bond motifs is 1. The first-order valence-electron chi connectivity index (χ1n) is 18.9. The SMILES string of the molecule is C=C[C@@H]1C[C@]1(NC(=O)[C@@H]1C[C@@H](Oc2cc(-c3csc(NC(=O)C(C)C)n3)nc3cc(OC)ccc23)CN1C(=O)[C@@H](NC(=O)OC1CCCC1)C(C)(C)C)C(=O)O. The predicted molar refractivity (Wildman–Crippen MR) is 209 cm³/mol. The van der Waals surface area contributed by atoms with Crippen LogP contribution < -0.4 is 25.4 Å². The Labute approximate surface area is 329 Å². The summed E-state index contributed by atoms with van der Waals surface area (Å²) in [4.78, 5) is 77.3. The van der Waals surface area contributed by atoms with Crippen molar-refractivity contribution >= 4 is 57.2 Å². The second kappa shape index (κ2) is 16.1. The van der Waals surface area contributed by atoms with Gasteiger partial charge in [-0.1, -0.05) is 40.7 Å². The van der Waals surface area contributed by atoms with Gasteiger partial charge in [-0.05, 0) is 49.7 Å². The van der Waals surface area contributed by atoms with Crippen molar-refractivity contribution in [1.29, 1.82) is 0 Å². The van der Waals surface area contributed by atoms with Crippen LogP contribution in [0, 0.1) is 17.3 Å². The Kier molecular flexibility index (Phi) is 11.6. The van der Waals surface area contributed by atoms with Gasteiger partial charge in [0, 0.05) is 41.2 Å². The molecular weight excluding hydrogens is 741 g/mol. The van der Waals surface area contributed by atoms with Crippen LogP contribution >= 0.6 is 11.3 Å². The van der Waals surface area contributed by atoms with Crippen LogP contribution in [-0.2, 0) is 23.9 Å². The van der Waals surface area contributed by atoms with E-state index in [0.717, 1.165) is 25.7 Å². The standard InChI is InChI=1S/C40H50N6O9S/c1-8-22-18-40(22,36(50)51)45-34(48)30-16-25(19-46(30)35(49)32(39(4,5)6)43-38(52)55-23-11-9-10-12-23)54-31-17-28(41-27-15-24(53-7)13-14-26(27)31)29-20-56-37(42-29)44-33(47)21(2)3/h8,13-15,17,20-23,25,30,32H,1,9-12,16,18-19H2,2-7H3,(H,43,52)(H,45,48)(H,50,51)(H,42,44,47)/t22-,25-,30+,32-,40-/m1/s1. The van der Waals surface area contributed by atoms with Crippen LogP contribution in [0.15, 0.2) is 42.3 Å². The van der Waals surface area contributed by atoms with Gasteiger partial charge in [-0.15, -0.1) is 17.9 Å². The first-order chi connectivity index (χ1) is 26.5. The second-order valence-corrected chi connectivity index (χ2v) is 17.0. The molecule has 3 fully saturated rings. The summed E-state index contributed by atoms with van der Waals surface area (Å²) < 4.78 is 17.8. The van der Waals surface area contributed by atoms with E-state index >= 15 is 0 Å². The van der Waals surface area contributed by atoms with Crippen LogP contribution in [0.5, 0.6) is 11.5 Å². The molecule has 2 aliphatic carbocycles. The Morgan fingerprint density at radius 1 is 1.07 bits per heavy atom. The zero-order valence-corrected chi connectivity index (χ0v) is 33.4. The summed E-state index contributed by atoms with van der Waals surface area (Å²) in [7, 11) is 1.55. The molecule has 2 aromatic heterocycles. The molecule has 300 valence electrons. The van der Waals surface area contributed by atoms with Crippen LogP contribution in [-0.4, -0.2) is 93.2 Å². The molecule has 5 atom stereocenters. The van der Waals surface area contributed by atoms with Gasteiger partial charge < -0.3 is 40.2 Å². The lowest BCUT2D eigenvalue weighted by molar-refractivity contribution is -0.146. The van der Waals surface area contributed by atoms with E-state index in [9.17, 15) is 29.1 Å². The van der Waals surface area contributed by atoms with Crippen molar-refractivity contribution in [2.24, 2.45) is 17.3 Å². The molecule has 1 aromatic carbocycles. The molecule has 1 saturated heterocycles. The molecule has 16 heteroatoms. The lowest BCUT2D eigenvalue weighted by atomic mass is 9.85. The highest BCUT2D eigenvalue weighted by molar-refractivity contribution is 7.14. The molecule has 0 unspecified atom stereocenters. The van der Waals surface area contributed by atoms with E-state index in [2.05, 4.69) is 27.5 Å². The van der Waals surface area contributed by atoms with E-state index in [4.69, 9.17) is 19.2 Å². The van der Waals surface area contributed by atoms with Crippen molar-refractivity contribution < 1.29 is 43.3 Å². The monoisotopic (exact) mass is 790 g/mol. The molecule has 15 nitrogen and oxygen atoms in total.